The third kappa shape index (κ3) is 1.32. The van der Waals surface area contributed by atoms with Gasteiger partial charge in [0.25, 0.3) is 0 Å². The van der Waals surface area contributed by atoms with Crippen molar-refractivity contribution in [3.63, 3.8) is 0 Å². The first-order valence-corrected chi connectivity index (χ1v) is 4.51. The molecule has 0 saturated heterocycles. The van der Waals surface area contributed by atoms with E-state index in [-0.39, 0.29) is 11.7 Å². The van der Waals surface area contributed by atoms with Crippen molar-refractivity contribution in [2.24, 2.45) is 0 Å². The van der Waals surface area contributed by atoms with Gasteiger partial charge in [-0.25, -0.2) is 9.37 Å². The van der Waals surface area contributed by atoms with E-state index < -0.39 is 0 Å². The Kier molecular flexibility index (Phi) is 1.91. The van der Waals surface area contributed by atoms with Gasteiger partial charge >= 0.3 is 0 Å². The van der Waals surface area contributed by atoms with Crippen LogP contribution in [0.15, 0.2) is 18.5 Å². The summed E-state index contributed by atoms with van der Waals surface area (Å²) in [4.78, 5) is 4.19. The van der Waals surface area contributed by atoms with Crippen LogP contribution in [0, 0.1) is 5.82 Å². The fourth-order valence-corrected chi connectivity index (χ4v) is 1.37. The second kappa shape index (κ2) is 2.97. The van der Waals surface area contributed by atoms with Crippen molar-refractivity contribution >= 4 is 11.3 Å². The van der Waals surface area contributed by atoms with Crippen LogP contribution in [0.2, 0.25) is 0 Å². The molecule has 0 amide bonds. The molecule has 0 saturated carbocycles. The van der Waals surface area contributed by atoms with E-state index in [4.69, 9.17) is 5.73 Å². The zero-order valence-corrected chi connectivity index (χ0v) is 8.16. The molecule has 2 heterocycles. The Bertz CT molecular complexity index is 473. The highest BCUT2D eigenvalue weighted by molar-refractivity contribution is 5.49. The second-order valence-electron chi connectivity index (χ2n) is 3.67. The number of nitrogens with zero attached hydrogens (tertiary/aromatic N) is 2. The van der Waals surface area contributed by atoms with Gasteiger partial charge in [0, 0.05) is 18.5 Å². The number of pyridine rings is 1. The lowest BCUT2D eigenvalue weighted by Gasteiger charge is -1.96. The van der Waals surface area contributed by atoms with Gasteiger partial charge < -0.3 is 10.1 Å². The Balaban J connectivity index is 2.70. The van der Waals surface area contributed by atoms with Crippen LogP contribution in [-0.2, 0) is 0 Å². The molecule has 0 radical (unpaired) electrons. The molecule has 2 aromatic heterocycles. The Labute approximate surface area is 81.4 Å². The van der Waals surface area contributed by atoms with Crippen LogP contribution in [0.4, 0.5) is 10.1 Å². The number of halogens is 1. The first-order valence-electron chi connectivity index (χ1n) is 4.51. The van der Waals surface area contributed by atoms with Gasteiger partial charge in [-0.15, -0.1) is 0 Å². The minimum Gasteiger partial charge on any atom is -0.397 e. The molecule has 0 fully saturated rings. The molecule has 0 atom stereocenters. The maximum atomic E-state index is 13.4. The summed E-state index contributed by atoms with van der Waals surface area (Å²) in [7, 11) is 0. The van der Waals surface area contributed by atoms with Gasteiger partial charge in [-0.2, -0.15) is 0 Å². The Morgan fingerprint density at radius 3 is 2.79 bits per heavy atom. The lowest BCUT2D eigenvalue weighted by Crippen LogP contribution is -1.93. The molecule has 2 aromatic rings. The summed E-state index contributed by atoms with van der Waals surface area (Å²) >= 11 is 0. The van der Waals surface area contributed by atoms with Crippen molar-refractivity contribution in [3.05, 3.63) is 30.0 Å². The summed E-state index contributed by atoms with van der Waals surface area (Å²) in [6.45, 7) is 4.03. The van der Waals surface area contributed by atoms with Crippen molar-refractivity contribution in [2.45, 2.75) is 19.8 Å². The van der Waals surface area contributed by atoms with Crippen molar-refractivity contribution in [1.29, 1.82) is 0 Å². The molecule has 2 N–H and O–H groups in total. The predicted octanol–water partition coefficient (Wildman–Crippen LogP) is 2.18. The number of hydrogen-bond donors (Lipinski definition) is 1. The molecule has 0 aliphatic rings. The molecule has 0 aliphatic carbocycles. The van der Waals surface area contributed by atoms with E-state index in [0.29, 0.717) is 11.3 Å². The topological polar surface area (TPSA) is 43.3 Å². The fraction of sp³-hybridized carbons (Fsp3) is 0.300. The van der Waals surface area contributed by atoms with E-state index in [1.807, 2.05) is 13.8 Å². The van der Waals surface area contributed by atoms with Crippen LogP contribution in [0.25, 0.3) is 5.65 Å². The molecular weight excluding hydrogens is 181 g/mol. The summed E-state index contributed by atoms with van der Waals surface area (Å²) in [5, 5.41) is 0. The van der Waals surface area contributed by atoms with E-state index in [1.165, 1.54) is 6.07 Å². The summed E-state index contributed by atoms with van der Waals surface area (Å²) in [6.07, 6.45) is 3.47. The second-order valence-corrected chi connectivity index (χ2v) is 3.67. The van der Waals surface area contributed by atoms with Crippen molar-refractivity contribution in [2.75, 3.05) is 5.73 Å². The van der Waals surface area contributed by atoms with Crippen LogP contribution >= 0.6 is 0 Å². The van der Waals surface area contributed by atoms with Gasteiger partial charge in [0.05, 0.1) is 11.4 Å². The minimum atomic E-state index is -0.378. The summed E-state index contributed by atoms with van der Waals surface area (Å²) in [5.74, 6) is -0.0903. The standard InChI is InChI=1S/C10H12FN3/c1-6(2)9-5-14-4-7(12)3-8(11)10(14)13-9/h3-6H,12H2,1-2H3. The SMILES string of the molecule is CC(C)c1cn2cc(N)cc(F)c2n1. The van der Waals surface area contributed by atoms with E-state index in [2.05, 4.69) is 4.98 Å². The highest BCUT2D eigenvalue weighted by Crippen LogP contribution is 2.18. The van der Waals surface area contributed by atoms with Gasteiger partial charge in [0.15, 0.2) is 11.5 Å². The summed E-state index contributed by atoms with van der Waals surface area (Å²) in [5.41, 5.74) is 7.13. The molecule has 4 heteroatoms. The number of aromatic nitrogens is 2. The van der Waals surface area contributed by atoms with Gasteiger partial charge in [-0.05, 0) is 5.92 Å². The smallest absolute Gasteiger partial charge is 0.173 e. The van der Waals surface area contributed by atoms with E-state index in [9.17, 15) is 4.39 Å². The van der Waals surface area contributed by atoms with Crippen LogP contribution in [0.3, 0.4) is 0 Å². The van der Waals surface area contributed by atoms with Crippen LogP contribution in [0.1, 0.15) is 25.5 Å². The molecule has 0 unspecified atom stereocenters. The Hall–Kier alpha value is -1.58. The molecule has 2 rings (SSSR count). The molecule has 0 bridgehead atoms. The van der Waals surface area contributed by atoms with E-state index >= 15 is 0 Å². The lowest BCUT2D eigenvalue weighted by atomic mass is 10.2. The Morgan fingerprint density at radius 2 is 2.14 bits per heavy atom. The van der Waals surface area contributed by atoms with Crippen LogP contribution in [0.5, 0.6) is 0 Å². The van der Waals surface area contributed by atoms with E-state index in [1.54, 1.807) is 16.8 Å². The minimum absolute atomic E-state index is 0.288. The lowest BCUT2D eigenvalue weighted by molar-refractivity contribution is 0.630. The number of nitrogens with two attached hydrogens (primary N) is 1. The predicted molar refractivity (Wildman–Crippen MR) is 53.7 cm³/mol. The van der Waals surface area contributed by atoms with Gasteiger partial charge in [0.1, 0.15) is 0 Å². The number of anilines is 1. The number of imidazole rings is 1. The monoisotopic (exact) mass is 193 g/mol. The first kappa shape index (κ1) is 8.99. The highest BCUT2D eigenvalue weighted by atomic mass is 19.1. The Morgan fingerprint density at radius 1 is 1.43 bits per heavy atom. The maximum Gasteiger partial charge on any atom is 0.173 e. The quantitative estimate of drug-likeness (QED) is 0.754. The summed E-state index contributed by atoms with van der Waals surface area (Å²) < 4.78 is 15.0. The number of nitrogen functional groups attached to an aromatic ring is 1. The van der Waals surface area contributed by atoms with E-state index in [0.717, 1.165) is 5.69 Å². The molecule has 0 aromatic carbocycles. The third-order valence-electron chi connectivity index (χ3n) is 2.14. The average molecular weight is 193 g/mol. The zero-order valence-electron chi connectivity index (χ0n) is 8.16. The van der Waals surface area contributed by atoms with Crippen LogP contribution < -0.4 is 5.73 Å². The largest absolute Gasteiger partial charge is 0.397 e. The number of fused-ring (bicyclic) bond motifs is 1. The molecule has 3 nitrogen and oxygen atoms in total. The first-order chi connectivity index (χ1) is 6.58. The maximum absolute atomic E-state index is 13.4. The molecular formula is C10H12FN3. The third-order valence-corrected chi connectivity index (χ3v) is 2.14. The van der Waals surface area contributed by atoms with Crippen molar-refractivity contribution < 1.29 is 4.39 Å². The average Bonchev–Trinajstić information content (AvgIpc) is 2.47. The fourth-order valence-electron chi connectivity index (χ4n) is 1.37. The molecule has 0 aliphatic heterocycles. The van der Waals surface area contributed by atoms with Gasteiger partial charge in [0.2, 0.25) is 0 Å². The molecule has 0 spiro atoms. The summed E-state index contributed by atoms with van der Waals surface area (Å²) in [6, 6.07) is 1.28. The van der Waals surface area contributed by atoms with Crippen LogP contribution in [-0.4, -0.2) is 9.38 Å². The van der Waals surface area contributed by atoms with Crippen molar-refractivity contribution in [3.8, 4) is 0 Å². The van der Waals surface area contributed by atoms with Gasteiger partial charge in [-0.1, -0.05) is 13.8 Å². The van der Waals surface area contributed by atoms with Crippen molar-refractivity contribution in [1.82, 2.24) is 9.38 Å². The number of hydrogen-bond acceptors (Lipinski definition) is 2. The normalized spacial score (nSPS) is 11.4. The highest BCUT2D eigenvalue weighted by Gasteiger charge is 2.09. The number of rotatable bonds is 1. The van der Waals surface area contributed by atoms with Gasteiger partial charge in [-0.3, -0.25) is 0 Å². The molecule has 14 heavy (non-hydrogen) atoms. The molecule has 74 valence electrons. The zero-order chi connectivity index (χ0) is 10.3.